The average molecular weight is 269 g/mol. The van der Waals surface area contributed by atoms with Crippen molar-refractivity contribution in [3.8, 4) is 0 Å². The molecule has 3 rings (SSSR count). The van der Waals surface area contributed by atoms with Crippen LogP contribution in [0.2, 0.25) is 0 Å². The summed E-state index contributed by atoms with van der Waals surface area (Å²) in [6.07, 6.45) is 5.91. The normalized spacial score (nSPS) is 18.9. The molecule has 0 aromatic carbocycles. The quantitative estimate of drug-likeness (QED) is 0.926. The Labute approximate surface area is 119 Å². The fraction of sp³-hybridized carbons (Fsp3) is 0.400. The van der Waals surface area contributed by atoms with Crippen LogP contribution in [0, 0.1) is 0 Å². The second kappa shape index (κ2) is 5.86. The van der Waals surface area contributed by atoms with Gasteiger partial charge in [-0.3, -0.25) is 0 Å². The number of pyridine rings is 1. The van der Waals surface area contributed by atoms with Gasteiger partial charge in [0.15, 0.2) is 0 Å². The number of nitrogens with zero attached hydrogens (tertiary/aromatic N) is 4. The predicted octanol–water partition coefficient (Wildman–Crippen LogP) is 2.30. The molecule has 5 heteroatoms. The molecule has 2 aromatic heterocycles. The summed E-state index contributed by atoms with van der Waals surface area (Å²) in [6, 6.07) is 8.01. The number of hydrogen-bond donors (Lipinski definition) is 1. The van der Waals surface area contributed by atoms with Crippen molar-refractivity contribution in [3.63, 3.8) is 0 Å². The Hall–Kier alpha value is -2.17. The fourth-order valence-electron chi connectivity index (χ4n) is 2.67. The van der Waals surface area contributed by atoms with Crippen LogP contribution in [0.15, 0.2) is 36.7 Å². The van der Waals surface area contributed by atoms with Crippen LogP contribution in [0.5, 0.6) is 0 Å². The summed E-state index contributed by atoms with van der Waals surface area (Å²) < 4.78 is 0. The van der Waals surface area contributed by atoms with Crippen molar-refractivity contribution in [2.75, 3.05) is 30.4 Å². The highest BCUT2D eigenvalue weighted by Gasteiger charge is 2.23. The van der Waals surface area contributed by atoms with Crippen molar-refractivity contribution in [1.82, 2.24) is 15.0 Å². The fourth-order valence-corrected chi connectivity index (χ4v) is 2.67. The van der Waals surface area contributed by atoms with E-state index in [0.717, 1.165) is 37.0 Å². The van der Waals surface area contributed by atoms with Crippen LogP contribution in [0.25, 0.3) is 0 Å². The Bertz CT molecular complexity index is 557. The van der Waals surface area contributed by atoms with E-state index in [1.165, 1.54) is 6.42 Å². The molecule has 0 bridgehead atoms. The van der Waals surface area contributed by atoms with E-state index in [1.807, 2.05) is 19.2 Å². The maximum Gasteiger partial charge on any atom is 0.225 e. The van der Waals surface area contributed by atoms with Gasteiger partial charge in [-0.15, -0.1) is 0 Å². The zero-order valence-electron chi connectivity index (χ0n) is 11.7. The number of piperidine rings is 1. The molecule has 0 aliphatic carbocycles. The van der Waals surface area contributed by atoms with Crippen LogP contribution >= 0.6 is 0 Å². The molecule has 0 saturated carbocycles. The lowest BCUT2D eigenvalue weighted by molar-refractivity contribution is 0.495. The van der Waals surface area contributed by atoms with Crippen molar-refractivity contribution in [3.05, 3.63) is 42.4 Å². The van der Waals surface area contributed by atoms with Crippen LogP contribution in [-0.2, 0) is 0 Å². The second-order valence-corrected chi connectivity index (χ2v) is 5.03. The van der Waals surface area contributed by atoms with Crippen molar-refractivity contribution in [2.24, 2.45) is 0 Å². The minimum Gasteiger partial charge on any atom is -0.373 e. The molecule has 1 saturated heterocycles. The summed E-state index contributed by atoms with van der Waals surface area (Å²) in [4.78, 5) is 15.6. The van der Waals surface area contributed by atoms with Gasteiger partial charge in [0.05, 0.1) is 0 Å². The van der Waals surface area contributed by atoms with Gasteiger partial charge in [0.2, 0.25) is 5.95 Å². The molecule has 1 unspecified atom stereocenters. The zero-order valence-corrected chi connectivity index (χ0v) is 11.7. The van der Waals surface area contributed by atoms with Gasteiger partial charge in [0.25, 0.3) is 0 Å². The number of nitrogens with one attached hydrogen (secondary N) is 1. The monoisotopic (exact) mass is 269 g/mol. The number of aromatic nitrogens is 3. The molecule has 1 aliphatic rings. The van der Waals surface area contributed by atoms with E-state index in [1.54, 1.807) is 12.4 Å². The third-order valence-electron chi connectivity index (χ3n) is 3.70. The topological polar surface area (TPSA) is 53.9 Å². The predicted molar refractivity (Wildman–Crippen MR) is 80.0 cm³/mol. The molecule has 0 radical (unpaired) electrons. The summed E-state index contributed by atoms with van der Waals surface area (Å²) in [5.41, 5.74) is 1.15. The first-order valence-electron chi connectivity index (χ1n) is 7.03. The van der Waals surface area contributed by atoms with E-state index < -0.39 is 0 Å². The van der Waals surface area contributed by atoms with Crippen molar-refractivity contribution < 1.29 is 0 Å². The summed E-state index contributed by atoms with van der Waals surface area (Å²) >= 11 is 0. The molecular weight excluding hydrogens is 250 g/mol. The largest absolute Gasteiger partial charge is 0.373 e. The molecule has 104 valence electrons. The molecule has 0 amide bonds. The van der Waals surface area contributed by atoms with Gasteiger partial charge in [-0.1, -0.05) is 6.07 Å². The lowest BCUT2D eigenvalue weighted by atomic mass is 9.94. The van der Waals surface area contributed by atoms with Crippen LogP contribution in [-0.4, -0.2) is 35.1 Å². The van der Waals surface area contributed by atoms with Crippen LogP contribution in [0.4, 0.5) is 11.8 Å². The smallest absolute Gasteiger partial charge is 0.225 e. The SMILES string of the molecule is CNc1cccc(C2CCCN(c3ncccn3)C2)n1. The first kappa shape index (κ1) is 12.8. The number of rotatable bonds is 3. The molecule has 2 aromatic rings. The Morgan fingerprint density at radius 2 is 2.05 bits per heavy atom. The molecular formula is C15H19N5. The van der Waals surface area contributed by atoms with Gasteiger partial charge >= 0.3 is 0 Å². The average Bonchev–Trinajstić information content (AvgIpc) is 2.56. The van der Waals surface area contributed by atoms with E-state index in [-0.39, 0.29) is 0 Å². The maximum absolute atomic E-state index is 4.66. The third kappa shape index (κ3) is 2.71. The van der Waals surface area contributed by atoms with Gasteiger partial charge in [0, 0.05) is 44.1 Å². The standard InChI is InChI=1S/C15H19N5/c1-16-14-7-2-6-13(19-14)12-5-3-10-20(11-12)15-17-8-4-9-18-15/h2,4,6-9,12H,3,5,10-11H2,1H3,(H,16,19). The summed E-state index contributed by atoms with van der Waals surface area (Å²) in [7, 11) is 1.90. The summed E-state index contributed by atoms with van der Waals surface area (Å²) in [5.74, 6) is 2.19. The summed E-state index contributed by atoms with van der Waals surface area (Å²) in [5, 5.41) is 3.10. The van der Waals surface area contributed by atoms with Gasteiger partial charge < -0.3 is 10.2 Å². The van der Waals surface area contributed by atoms with Gasteiger partial charge in [0.1, 0.15) is 5.82 Å². The minimum absolute atomic E-state index is 0.445. The van der Waals surface area contributed by atoms with Crippen LogP contribution in [0.3, 0.4) is 0 Å². The third-order valence-corrected chi connectivity index (χ3v) is 3.70. The molecule has 1 N–H and O–H groups in total. The van der Waals surface area contributed by atoms with Gasteiger partial charge in [-0.05, 0) is 31.0 Å². The van der Waals surface area contributed by atoms with Gasteiger partial charge in [-0.25, -0.2) is 15.0 Å². The van der Waals surface area contributed by atoms with Crippen molar-refractivity contribution in [1.29, 1.82) is 0 Å². The van der Waals surface area contributed by atoms with Crippen LogP contribution < -0.4 is 10.2 Å². The lowest BCUT2D eigenvalue weighted by Crippen LogP contribution is -2.35. The molecule has 3 heterocycles. The highest BCUT2D eigenvalue weighted by atomic mass is 15.2. The Morgan fingerprint density at radius 1 is 1.20 bits per heavy atom. The molecule has 1 atom stereocenters. The molecule has 20 heavy (non-hydrogen) atoms. The number of anilines is 2. The first-order valence-corrected chi connectivity index (χ1v) is 7.03. The van der Waals surface area contributed by atoms with E-state index in [2.05, 4.69) is 37.3 Å². The van der Waals surface area contributed by atoms with E-state index >= 15 is 0 Å². The lowest BCUT2D eigenvalue weighted by Gasteiger charge is -2.32. The Kier molecular flexibility index (Phi) is 3.76. The Morgan fingerprint density at radius 3 is 2.85 bits per heavy atom. The molecule has 5 nitrogen and oxygen atoms in total. The molecule has 1 fully saturated rings. The van der Waals surface area contributed by atoms with E-state index in [9.17, 15) is 0 Å². The van der Waals surface area contributed by atoms with Crippen LogP contribution in [0.1, 0.15) is 24.5 Å². The maximum atomic E-state index is 4.66. The highest BCUT2D eigenvalue weighted by molar-refractivity contribution is 5.37. The number of hydrogen-bond acceptors (Lipinski definition) is 5. The van der Waals surface area contributed by atoms with E-state index in [4.69, 9.17) is 0 Å². The van der Waals surface area contributed by atoms with Crippen molar-refractivity contribution in [2.45, 2.75) is 18.8 Å². The second-order valence-electron chi connectivity index (χ2n) is 5.03. The minimum atomic E-state index is 0.445. The highest BCUT2D eigenvalue weighted by Crippen LogP contribution is 2.27. The summed E-state index contributed by atoms with van der Waals surface area (Å²) in [6.45, 7) is 1.95. The Balaban J connectivity index is 1.78. The van der Waals surface area contributed by atoms with Crippen molar-refractivity contribution >= 4 is 11.8 Å². The van der Waals surface area contributed by atoms with Gasteiger partial charge in [-0.2, -0.15) is 0 Å². The molecule has 1 aliphatic heterocycles. The zero-order chi connectivity index (χ0) is 13.8. The molecule has 0 spiro atoms. The first-order chi connectivity index (χ1) is 9.86. The van der Waals surface area contributed by atoms with E-state index in [0.29, 0.717) is 5.92 Å².